The van der Waals surface area contributed by atoms with Crippen LogP contribution in [-0.2, 0) is 4.79 Å². The third-order valence-corrected chi connectivity index (χ3v) is 2.25. The van der Waals surface area contributed by atoms with E-state index in [2.05, 4.69) is 15.5 Å². The molecule has 0 fully saturated rings. The lowest BCUT2D eigenvalue weighted by atomic mass is 10.2. The highest BCUT2D eigenvalue weighted by molar-refractivity contribution is 6.34. The predicted octanol–water partition coefficient (Wildman–Crippen LogP) is 2.11. The van der Waals surface area contributed by atoms with E-state index in [0.717, 1.165) is 10.9 Å². The molecule has 0 radical (unpaired) electrons. The van der Waals surface area contributed by atoms with Gasteiger partial charge in [0.2, 0.25) is 0 Å². The minimum absolute atomic E-state index is 0.0139. The molecule has 0 amide bonds. The van der Waals surface area contributed by atoms with E-state index in [4.69, 9.17) is 5.11 Å². The number of aliphatic carboxylic acids is 1. The third-order valence-electron chi connectivity index (χ3n) is 2.25. The Morgan fingerprint density at radius 3 is 2.82 bits per heavy atom. The van der Waals surface area contributed by atoms with Crippen LogP contribution in [0.2, 0.25) is 0 Å². The highest BCUT2D eigenvalue weighted by atomic mass is 16.4. The van der Waals surface area contributed by atoms with Gasteiger partial charge in [-0.2, -0.15) is 5.10 Å². The van der Waals surface area contributed by atoms with Crippen molar-refractivity contribution in [3.63, 3.8) is 0 Å². The third kappa shape index (κ3) is 2.57. The van der Waals surface area contributed by atoms with E-state index in [1.54, 1.807) is 6.07 Å². The first-order valence-corrected chi connectivity index (χ1v) is 5.06. The molecule has 1 aromatic heterocycles. The molecule has 0 aliphatic heterocycles. The SMILES string of the molecule is C/C(=N\Nc1ccc2ccccc2n1)C(=O)O. The molecule has 0 aliphatic rings. The first-order chi connectivity index (χ1) is 8.16. The van der Waals surface area contributed by atoms with Crippen molar-refractivity contribution in [2.24, 2.45) is 5.10 Å². The average Bonchev–Trinajstić information content (AvgIpc) is 2.35. The van der Waals surface area contributed by atoms with Gasteiger partial charge < -0.3 is 5.11 Å². The van der Waals surface area contributed by atoms with Gasteiger partial charge in [0.05, 0.1) is 5.52 Å². The van der Waals surface area contributed by atoms with Gasteiger partial charge >= 0.3 is 5.97 Å². The second-order valence-electron chi connectivity index (χ2n) is 3.50. The monoisotopic (exact) mass is 229 g/mol. The van der Waals surface area contributed by atoms with Crippen LogP contribution in [0.5, 0.6) is 0 Å². The number of carboxylic acid groups (broad SMARTS) is 1. The number of hydrogen-bond donors (Lipinski definition) is 2. The first kappa shape index (κ1) is 11.1. The summed E-state index contributed by atoms with van der Waals surface area (Å²) in [6.45, 7) is 1.41. The molecule has 2 aromatic rings. The van der Waals surface area contributed by atoms with E-state index in [9.17, 15) is 4.79 Å². The van der Waals surface area contributed by atoms with Crippen LogP contribution in [-0.4, -0.2) is 21.8 Å². The molecular weight excluding hydrogens is 218 g/mol. The number of carbonyl (C=O) groups is 1. The number of pyridine rings is 1. The summed E-state index contributed by atoms with van der Waals surface area (Å²) in [6.07, 6.45) is 0. The van der Waals surface area contributed by atoms with Gasteiger partial charge in [-0.25, -0.2) is 9.78 Å². The predicted molar refractivity (Wildman–Crippen MR) is 66.1 cm³/mol. The van der Waals surface area contributed by atoms with E-state index in [1.807, 2.05) is 30.3 Å². The zero-order chi connectivity index (χ0) is 12.3. The van der Waals surface area contributed by atoms with Crippen LogP contribution < -0.4 is 5.43 Å². The molecule has 5 nitrogen and oxygen atoms in total. The Balaban J connectivity index is 2.25. The summed E-state index contributed by atoms with van der Waals surface area (Å²) in [5, 5.41) is 13.4. The van der Waals surface area contributed by atoms with Crippen molar-refractivity contribution < 1.29 is 9.90 Å². The van der Waals surface area contributed by atoms with Crippen LogP contribution in [0, 0.1) is 0 Å². The van der Waals surface area contributed by atoms with Gasteiger partial charge in [0, 0.05) is 5.39 Å². The average molecular weight is 229 g/mol. The number of rotatable bonds is 3. The Kier molecular flexibility index (Phi) is 3.00. The van der Waals surface area contributed by atoms with Gasteiger partial charge in [0.1, 0.15) is 11.5 Å². The summed E-state index contributed by atoms with van der Waals surface area (Å²) in [4.78, 5) is 14.8. The number of hydrogen-bond acceptors (Lipinski definition) is 4. The largest absolute Gasteiger partial charge is 0.477 e. The van der Waals surface area contributed by atoms with Crippen LogP contribution in [0.4, 0.5) is 5.82 Å². The minimum atomic E-state index is -1.06. The maximum absolute atomic E-state index is 10.5. The van der Waals surface area contributed by atoms with Crippen molar-refractivity contribution in [2.45, 2.75) is 6.92 Å². The van der Waals surface area contributed by atoms with Gasteiger partial charge in [0.25, 0.3) is 0 Å². The maximum Gasteiger partial charge on any atom is 0.351 e. The van der Waals surface area contributed by atoms with Crippen LogP contribution in [0.25, 0.3) is 10.9 Å². The highest BCUT2D eigenvalue weighted by Gasteiger charge is 2.01. The molecule has 5 heteroatoms. The fraction of sp³-hybridized carbons (Fsp3) is 0.0833. The van der Waals surface area contributed by atoms with Gasteiger partial charge in [-0.1, -0.05) is 18.2 Å². The van der Waals surface area contributed by atoms with E-state index in [0.29, 0.717) is 5.82 Å². The lowest BCUT2D eigenvalue weighted by Gasteiger charge is -2.02. The van der Waals surface area contributed by atoms with Gasteiger partial charge in [-0.3, -0.25) is 5.43 Å². The van der Waals surface area contributed by atoms with Crippen molar-refractivity contribution in [2.75, 3.05) is 5.43 Å². The van der Waals surface area contributed by atoms with Gasteiger partial charge in [-0.15, -0.1) is 0 Å². The summed E-state index contributed by atoms with van der Waals surface area (Å²) < 4.78 is 0. The number of fused-ring (bicyclic) bond motifs is 1. The van der Waals surface area contributed by atoms with Crippen molar-refractivity contribution in [1.82, 2.24) is 4.98 Å². The fourth-order valence-corrected chi connectivity index (χ4v) is 1.32. The van der Waals surface area contributed by atoms with Crippen LogP contribution in [0.3, 0.4) is 0 Å². The van der Waals surface area contributed by atoms with E-state index in [1.165, 1.54) is 6.92 Å². The van der Waals surface area contributed by atoms with E-state index >= 15 is 0 Å². The molecule has 1 heterocycles. The second kappa shape index (κ2) is 4.61. The Hall–Kier alpha value is -2.43. The number of hydrazone groups is 1. The Bertz CT molecular complexity index is 593. The van der Waals surface area contributed by atoms with Gasteiger partial charge in [-0.05, 0) is 25.1 Å². The molecule has 0 saturated carbocycles. The number of aromatic nitrogens is 1. The molecular formula is C12H11N3O2. The van der Waals surface area contributed by atoms with Crippen molar-refractivity contribution in [3.8, 4) is 0 Å². The number of nitrogens with one attached hydrogen (secondary N) is 1. The molecule has 0 spiro atoms. The zero-order valence-corrected chi connectivity index (χ0v) is 9.21. The summed E-state index contributed by atoms with van der Waals surface area (Å²) >= 11 is 0. The van der Waals surface area contributed by atoms with Crippen LogP contribution in [0.1, 0.15) is 6.92 Å². The normalized spacial score (nSPS) is 11.5. The molecule has 0 saturated heterocycles. The zero-order valence-electron chi connectivity index (χ0n) is 9.21. The topological polar surface area (TPSA) is 74.6 Å². The number of nitrogens with zero attached hydrogens (tertiary/aromatic N) is 2. The van der Waals surface area contributed by atoms with Crippen LogP contribution >= 0.6 is 0 Å². The Morgan fingerprint density at radius 2 is 2.06 bits per heavy atom. The smallest absolute Gasteiger partial charge is 0.351 e. The van der Waals surface area contributed by atoms with Crippen molar-refractivity contribution in [1.29, 1.82) is 0 Å². The van der Waals surface area contributed by atoms with Crippen LogP contribution in [0.15, 0.2) is 41.5 Å². The molecule has 2 rings (SSSR count). The number of anilines is 1. The summed E-state index contributed by atoms with van der Waals surface area (Å²) in [7, 11) is 0. The first-order valence-electron chi connectivity index (χ1n) is 5.06. The minimum Gasteiger partial charge on any atom is -0.477 e. The number of carboxylic acids is 1. The Labute approximate surface area is 97.8 Å². The maximum atomic E-state index is 10.5. The molecule has 0 unspecified atom stereocenters. The Morgan fingerprint density at radius 1 is 1.29 bits per heavy atom. The van der Waals surface area contributed by atoms with E-state index in [-0.39, 0.29) is 5.71 Å². The summed E-state index contributed by atoms with van der Waals surface area (Å²) in [5.41, 5.74) is 3.43. The molecule has 0 aliphatic carbocycles. The number of benzene rings is 1. The lowest BCUT2D eigenvalue weighted by molar-refractivity contribution is -0.129. The van der Waals surface area contributed by atoms with E-state index < -0.39 is 5.97 Å². The molecule has 0 atom stereocenters. The van der Waals surface area contributed by atoms with Gasteiger partial charge in [0.15, 0.2) is 0 Å². The molecule has 1 aromatic carbocycles. The van der Waals surface area contributed by atoms with Crippen molar-refractivity contribution >= 4 is 28.4 Å². The summed E-state index contributed by atoms with van der Waals surface area (Å²) in [5.74, 6) is -0.539. The molecule has 2 N–H and O–H groups in total. The molecule has 0 bridgehead atoms. The number of para-hydroxylation sites is 1. The lowest BCUT2D eigenvalue weighted by Crippen LogP contribution is -2.10. The van der Waals surface area contributed by atoms with Crippen molar-refractivity contribution in [3.05, 3.63) is 36.4 Å². The standard InChI is InChI=1S/C12H11N3O2/c1-8(12(16)17)14-15-11-7-6-9-4-2-3-5-10(9)13-11/h2-7H,1H3,(H,13,15)(H,16,17)/b14-8+. The molecule has 17 heavy (non-hydrogen) atoms. The highest BCUT2D eigenvalue weighted by Crippen LogP contribution is 2.14. The quantitative estimate of drug-likeness (QED) is 0.624. The second-order valence-corrected chi connectivity index (χ2v) is 3.50. The molecule has 86 valence electrons. The fourth-order valence-electron chi connectivity index (χ4n) is 1.32. The summed E-state index contributed by atoms with van der Waals surface area (Å²) in [6, 6.07) is 11.3.